The molecule has 136 valence electrons. The number of aryl methyl sites for hydroxylation is 2. The standard InChI is InChI=1S/C19H19FN2O3S/c1-11-12(2)26-18-17(11)19(25)22(9-5-8-16(23)24)15(21-18)10-13-6-3-4-7-14(13)20/h3-4,6-7H,5,8-10H2,1-2H3,(H,23,24). The van der Waals surface area contributed by atoms with E-state index in [1.807, 2.05) is 13.8 Å². The van der Waals surface area contributed by atoms with Crippen LogP contribution in [0.2, 0.25) is 0 Å². The molecule has 1 aromatic carbocycles. The van der Waals surface area contributed by atoms with Gasteiger partial charge in [-0.05, 0) is 37.5 Å². The number of hydrogen-bond acceptors (Lipinski definition) is 4. The van der Waals surface area contributed by atoms with Crippen molar-refractivity contribution in [2.75, 3.05) is 0 Å². The van der Waals surface area contributed by atoms with Gasteiger partial charge in [0, 0.05) is 24.3 Å². The van der Waals surface area contributed by atoms with Crippen LogP contribution in [0.15, 0.2) is 29.1 Å². The molecule has 0 saturated heterocycles. The predicted molar refractivity (Wildman–Crippen MR) is 99.4 cm³/mol. The Labute approximate surface area is 153 Å². The second kappa shape index (κ2) is 7.37. The number of aliphatic carboxylic acids is 1. The smallest absolute Gasteiger partial charge is 0.303 e. The van der Waals surface area contributed by atoms with Crippen LogP contribution in [-0.2, 0) is 17.8 Å². The number of carboxylic acids is 1. The average molecular weight is 374 g/mol. The highest BCUT2D eigenvalue weighted by molar-refractivity contribution is 7.18. The van der Waals surface area contributed by atoms with Gasteiger partial charge in [0.15, 0.2) is 0 Å². The molecular weight excluding hydrogens is 355 g/mol. The zero-order valence-electron chi connectivity index (χ0n) is 14.6. The molecule has 0 bridgehead atoms. The lowest BCUT2D eigenvalue weighted by Gasteiger charge is -2.13. The van der Waals surface area contributed by atoms with E-state index in [1.54, 1.807) is 18.2 Å². The van der Waals surface area contributed by atoms with E-state index >= 15 is 0 Å². The summed E-state index contributed by atoms with van der Waals surface area (Å²) in [7, 11) is 0. The van der Waals surface area contributed by atoms with Crippen LogP contribution in [0, 0.1) is 19.7 Å². The van der Waals surface area contributed by atoms with Gasteiger partial charge in [0.1, 0.15) is 16.5 Å². The van der Waals surface area contributed by atoms with E-state index in [9.17, 15) is 14.0 Å². The van der Waals surface area contributed by atoms with Crippen LogP contribution in [0.25, 0.3) is 10.2 Å². The summed E-state index contributed by atoms with van der Waals surface area (Å²) in [5.74, 6) is -0.804. The molecule has 7 heteroatoms. The van der Waals surface area contributed by atoms with Gasteiger partial charge in [-0.25, -0.2) is 9.37 Å². The quantitative estimate of drug-likeness (QED) is 0.715. The first-order chi connectivity index (χ1) is 12.4. The van der Waals surface area contributed by atoms with Crippen molar-refractivity contribution in [2.45, 2.75) is 39.7 Å². The fraction of sp³-hybridized carbons (Fsp3) is 0.316. The number of carboxylic acid groups (broad SMARTS) is 1. The fourth-order valence-corrected chi connectivity index (χ4v) is 3.97. The van der Waals surface area contributed by atoms with Crippen LogP contribution in [0.5, 0.6) is 0 Å². The summed E-state index contributed by atoms with van der Waals surface area (Å²) < 4.78 is 15.6. The van der Waals surface area contributed by atoms with E-state index in [4.69, 9.17) is 5.11 Å². The zero-order valence-corrected chi connectivity index (χ0v) is 15.4. The lowest BCUT2D eigenvalue weighted by molar-refractivity contribution is -0.137. The lowest BCUT2D eigenvalue weighted by Crippen LogP contribution is -2.26. The third-order valence-electron chi connectivity index (χ3n) is 4.45. The molecule has 0 saturated carbocycles. The minimum absolute atomic E-state index is 0.0364. The number of halogens is 1. The second-order valence-corrected chi connectivity index (χ2v) is 7.42. The Kier molecular flexibility index (Phi) is 5.18. The van der Waals surface area contributed by atoms with Gasteiger partial charge in [-0.15, -0.1) is 11.3 Å². The first-order valence-corrected chi connectivity index (χ1v) is 9.14. The molecule has 3 aromatic rings. The average Bonchev–Trinajstić information content (AvgIpc) is 2.86. The molecule has 2 aromatic heterocycles. The zero-order chi connectivity index (χ0) is 18.8. The first kappa shape index (κ1) is 18.3. The maximum absolute atomic E-state index is 14.1. The molecule has 1 N–H and O–H groups in total. The monoisotopic (exact) mass is 374 g/mol. The van der Waals surface area contributed by atoms with Gasteiger partial charge in [-0.1, -0.05) is 18.2 Å². The number of aromatic nitrogens is 2. The maximum Gasteiger partial charge on any atom is 0.303 e. The van der Waals surface area contributed by atoms with Crippen LogP contribution < -0.4 is 5.56 Å². The van der Waals surface area contributed by atoms with Crippen LogP contribution >= 0.6 is 11.3 Å². The number of nitrogens with zero attached hydrogens (tertiary/aromatic N) is 2. The van der Waals surface area contributed by atoms with Crippen molar-refractivity contribution >= 4 is 27.5 Å². The Bertz CT molecular complexity index is 1040. The summed E-state index contributed by atoms with van der Waals surface area (Å²) in [5, 5.41) is 9.44. The number of thiophene rings is 1. The number of carbonyl (C=O) groups is 1. The number of benzene rings is 1. The molecule has 0 unspecified atom stereocenters. The van der Waals surface area contributed by atoms with E-state index in [0.29, 0.717) is 28.0 Å². The third kappa shape index (κ3) is 3.53. The maximum atomic E-state index is 14.1. The minimum atomic E-state index is -0.912. The summed E-state index contributed by atoms with van der Waals surface area (Å²) in [4.78, 5) is 30.1. The van der Waals surface area contributed by atoms with Crippen molar-refractivity contribution in [3.05, 3.63) is 62.3 Å². The Morgan fingerprint density at radius 1 is 1.31 bits per heavy atom. The van der Waals surface area contributed by atoms with Crippen LogP contribution in [0.1, 0.15) is 34.7 Å². The number of hydrogen-bond donors (Lipinski definition) is 1. The molecule has 0 spiro atoms. The molecule has 0 atom stereocenters. The molecule has 2 heterocycles. The van der Waals surface area contributed by atoms with E-state index in [1.165, 1.54) is 22.0 Å². The highest BCUT2D eigenvalue weighted by Gasteiger charge is 2.17. The van der Waals surface area contributed by atoms with Crippen LogP contribution in [0.3, 0.4) is 0 Å². The number of fused-ring (bicyclic) bond motifs is 1. The van der Waals surface area contributed by atoms with Gasteiger partial charge in [-0.3, -0.25) is 14.2 Å². The van der Waals surface area contributed by atoms with Crippen molar-refractivity contribution in [1.29, 1.82) is 0 Å². The van der Waals surface area contributed by atoms with Crippen LogP contribution in [0.4, 0.5) is 4.39 Å². The van der Waals surface area contributed by atoms with E-state index in [0.717, 1.165) is 10.4 Å². The Balaban J connectivity index is 2.11. The topological polar surface area (TPSA) is 72.2 Å². The Morgan fingerprint density at radius 3 is 2.73 bits per heavy atom. The molecule has 0 aliphatic heterocycles. The Hall–Kier alpha value is -2.54. The van der Waals surface area contributed by atoms with Gasteiger partial charge >= 0.3 is 5.97 Å². The lowest BCUT2D eigenvalue weighted by atomic mass is 10.1. The second-order valence-electron chi connectivity index (χ2n) is 6.21. The van der Waals surface area contributed by atoms with Crippen molar-refractivity contribution in [1.82, 2.24) is 9.55 Å². The van der Waals surface area contributed by atoms with Crippen molar-refractivity contribution in [3.8, 4) is 0 Å². The first-order valence-electron chi connectivity index (χ1n) is 8.33. The highest BCUT2D eigenvalue weighted by atomic mass is 32.1. The van der Waals surface area contributed by atoms with Gasteiger partial charge in [0.05, 0.1) is 5.39 Å². The Morgan fingerprint density at radius 2 is 2.04 bits per heavy atom. The van der Waals surface area contributed by atoms with Gasteiger partial charge in [-0.2, -0.15) is 0 Å². The molecule has 0 aliphatic rings. The van der Waals surface area contributed by atoms with Crippen molar-refractivity contribution < 1.29 is 14.3 Å². The fourth-order valence-electron chi connectivity index (χ4n) is 2.94. The minimum Gasteiger partial charge on any atom is -0.481 e. The van der Waals surface area contributed by atoms with Gasteiger partial charge < -0.3 is 5.11 Å². The molecule has 0 aliphatic carbocycles. The molecule has 3 rings (SSSR count). The van der Waals surface area contributed by atoms with Crippen molar-refractivity contribution in [3.63, 3.8) is 0 Å². The van der Waals surface area contributed by atoms with E-state index < -0.39 is 5.97 Å². The predicted octanol–water partition coefficient (Wildman–Crippen LogP) is 3.67. The normalized spacial score (nSPS) is 11.2. The third-order valence-corrected chi connectivity index (χ3v) is 5.55. The highest BCUT2D eigenvalue weighted by Crippen LogP contribution is 2.27. The molecule has 0 fully saturated rings. The molecule has 0 amide bonds. The number of rotatable bonds is 6. The molecular formula is C19H19FN2O3S. The summed E-state index contributed by atoms with van der Waals surface area (Å²) in [6, 6.07) is 6.39. The van der Waals surface area contributed by atoms with Crippen molar-refractivity contribution in [2.24, 2.45) is 0 Å². The summed E-state index contributed by atoms with van der Waals surface area (Å²) >= 11 is 1.45. The van der Waals surface area contributed by atoms with E-state index in [2.05, 4.69) is 4.98 Å². The largest absolute Gasteiger partial charge is 0.481 e. The van der Waals surface area contributed by atoms with Gasteiger partial charge in [0.25, 0.3) is 5.56 Å². The summed E-state index contributed by atoms with van der Waals surface area (Å²) in [5.41, 5.74) is 1.16. The SMILES string of the molecule is Cc1sc2nc(Cc3ccccc3F)n(CCCC(=O)O)c(=O)c2c1C. The molecule has 0 radical (unpaired) electrons. The van der Waals surface area contributed by atoms with Crippen LogP contribution in [-0.4, -0.2) is 20.6 Å². The summed E-state index contributed by atoms with van der Waals surface area (Å²) in [6.45, 7) is 4.06. The van der Waals surface area contributed by atoms with E-state index in [-0.39, 0.29) is 30.8 Å². The van der Waals surface area contributed by atoms with Gasteiger partial charge in [0.2, 0.25) is 0 Å². The molecule has 5 nitrogen and oxygen atoms in total. The summed E-state index contributed by atoms with van der Waals surface area (Å²) in [6.07, 6.45) is 0.459. The molecule has 26 heavy (non-hydrogen) atoms.